The summed E-state index contributed by atoms with van der Waals surface area (Å²) in [7, 11) is 1.84. The standard InChI is InChI=1S/C25H38N6O2S/c1-18-21(15-28-31(18)20-11-6-7-12-20)24(33)30(17-19-9-4-5-10-19)14-8-13-26-23(32)22-16-27-29(2)25(22)34-3/h15-16,19-20H,4-14,17H2,1-3H3,(H,26,32). The van der Waals surface area contributed by atoms with Gasteiger partial charge in [-0.15, -0.1) is 11.8 Å². The van der Waals surface area contributed by atoms with Crippen molar-refractivity contribution >= 4 is 23.6 Å². The number of hydrogen-bond donors (Lipinski definition) is 1. The summed E-state index contributed by atoms with van der Waals surface area (Å²) in [4.78, 5) is 28.2. The van der Waals surface area contributed by atoms with Crippen LogP contribution in [-0.2, 0) is 7.05 Å². The number of aryl methyl sites for hydroxylation is 1. The second kappa shape index (κ2) is 11.4. The van der Waals surface area contributed by atoms with Crippen molar-refractivity contribution in [1.29, 1.82) is 0 Å². The predicted molar refractivity (Wildman–Crippen MR) is 134 cm³/mol. The van der Waals surface area contributed by atoms with Crippen molar-refractivity contribution in [3.05, 3.63) is 29.2 Å². The van der Waals surface area contributed by atoms with Crippen LogP contribution in [0.5, 0.6) is 0 Å². The fourth-order valence-electron chi connectivity index (χ4n) is 5.49. The third-order valence-electron chi connectivity index (χ3n) is 7.40. The summed E-state index contributed by atoms with van der Waals surface area (Å²) in [6, 6.07) is 0.429. The van der Waals surface area contributed by atoms with Crippen LogP contribution in [0.2, 0.25) is 0 Å². The summed E-state index contributed by atoms with van der Waals surface area (Å²) < 4.78 is 3.79. The number of hydrogen-bond acceptors (Lipinski definition) is 5. The highest BCUT2D eigenvalue weighted by Gasteiger charge is 2.27. The van der Waals surface area contributed by atoms with Gasteiger partial charge in [0.1, 0.15) is 5.03 Å². The van der Waals surface area contributed by atoms with E-state index in [4.69, 9.17) is 0 Å². The normalized spacial score (nSPS) is 16.9. The lowest BCUT2D eigenvalue weighted by molar-refractivity contribution is 0.0726. The molecule has 0 aromatic carbocycles. The Bertz CT molecular complexity index is 988. The Balaban J connectivity index is 1.38. The van der Waals surface area contributed by atoms with Gasteiger partial charge in [0.15, 0.2) is 0 Å². The monoisotopic (exact) mass is 486 g/mol. The third kappa shape index (κ3) is 5.50. The first-order valence-electron chi connectivity index (χ1n) is 12.7. The van der Waals surface area contributed by atoms with E-state index in [0.717, 1.165) is 42.1 Å². The van der Waals surface area contributed by atoms with E-state index in [0.29, 0.717) is 30.6 Å². The first kappa shape index (κ1) is 24.8. The van der Waals surface area contributed by atoms with Crippen LogP contribution < -0.4 is 5.32 Å². The molecule has 9 heteroatoms. The molecule has 4 rings (SSSR count). The van der Waals surface area contributed by atoms with Gasteiger partial charge in [0.25, 0.3) is 11.8 Å². The van der Waals surface area contributed by atoms with Gasteiger partial charge in [0, 0.05) is 32.4 Å². The minimum atomic E-state index is -0.111. The maximum Gasteiger partial charge on any atom is 0.257 e. The first-order chi connectivity index (χ1) is 16.5. The van der Waals surface area contributed by atoms with Crippen molar-refractivity contribution in [1.82, 2.24) is 29.8 Å². The molecule has 2 amide bonds. The summed E-state index contributed by atoms with van der Waals surface area (Å²) in [5, 5.41) is 12.7. The molecule has 0 bridgehead atoms. The second-order valence-electron chi connectivity index (χ2n) is 9.73. The van der Waals surface area contributed by atoms with Crippen LogP contribution in [0.25, 0.3) is 0 Å². The molecule has 1 N–H and O–H groups in total. The van der Waals surface area contributed by atoms with Gasteiger partial charge >= 0.3 is 0 Å². The molecule has 2 heterocycles. The maximum absolute atomic E-state index is 13.6. The number of thioether (sulfide) groups is 1. The van der Waals surface area contributed by atoms with Crippen LogP contribution in [0.3, 0.4) is 0 Å². The molecule has 8 nitrogen and oxygen atoms in total. The molecule has 0 radical (unpaired) electrons. The van der Waals surface area contributed by atoms with Gasteiger partial charge in [0.2, 0.25) is 0 Å². The number of nitrogens with one attached hydrogen (secondary N) is 1. The lowest BCUT2D eigenvalue weighted by Gasteiger charge is -2.26. The van der Waals surface area contributed by atoms with Crippen molar-refractivity contribution in [2.75, 3.05) is 25.9 Å². The predicted octanol–water partition coefficient (Wildman–Crippen LogP) is 4.21. The average Bonchev–Trinajstić information content (AvgIpc) is 3.63. The summed E-state index contributed by atoms with van der Waals surface area (Å²) in [5.41, 5.74) is 2.32. The molecule has 0 spiro atoms. The van der Waals surface area contributed by atoms with E-state index in [-0.39, 0.29) is 11.8 Å². The van der Waals surface area contributed by atoms with Gasteiger partial charge in [-0.2, -0.15) is 10.2 Å². The minimum absolute atomic E-state index is 0.0805. The van der Waals surface area contributed by atoms with Gasteiger partial charge in [-0.05, 0) is 51.2 Å². The van der Waals surface area contributed by atoms with E-state index in [1.165, 1.54) is 50.3 Å². The summed E-state index contributed by atoms with van der Waals surface area (Å²) >= 11 is 1.51. The zero-order valence-corrected chi connectivity index (χ0v) is 21.6. The second-order valence-corrected chi connectivity index (χ2v) is 10.5. The molecule has 0 unspecified atom stereocenters. The van der Waals surface area contributed by atoms with Crippen molar-refractivity contribution in [3.8, 4) is 0 Å². The highest BCUT2D eigenvalue weighted by atomic mass is 32.2. The zero-order chi connectivity index (χ0) is 24.1. The minimum Gasteiger partial charge on any atom is -0.352 e. The van der Waals surface area contributed by atoms with E-state index >= 15 is 0 Å². The third-order valence-corrected chi connectivity index (χ3v) is 8.27. The van der Waals surface area contributed by atoms with Gasteiger partial charge in [-0.1, -0.05) is 25.7 Å². The van der Waals surface area contributed by atoms with Gasteiger partial charge in [-0.25, -0.2) is 0 Å². The molecule has 0 saturated heterocycles. The average molecular weight is 487 g/mol. The fourth-order valence-corrected chi connectivity index (χ4v) is 6.17. The van der Waals surface area contributed by atoms with Gasteiger partial charge in [0.05, 0.1) is 29.6 Å². The Hall–Kier alpha value is -2.29. The molecule has 2 aliphatic carbocycles. The smallest absolute Gasteiger partial charge is 0.257 e. The zero-order valence-electron chi connectivity index (χ0n) is 20.8. The SMILES string of the molecule is CSc1c(C(=O)NCCCN(CC2CCCC2)C(=O)c2cnn(C3CCCC3)c2C)cnn1C. The van der Waals surface area contributed by atoms with Crippen LogP contribution in [0.1, 0.15) is 90.2 Å². The Kier molecular flexibility index (Phi) is 8.34. The molecular formula is C25H38N6O2S. The first-order valence-corrected chi connectivity index (χ1v) is 13.9. The number of aromatic nitrogens is 4. The number of carbonyl (C=O) groups excluding carboxylic acids is 2. The van der Waals surface area contributed by atoms with E-state index in [1.54, 1.807) is 17.1 Å². The molecule has 2 aromatic heterocycles. The molecular weight excluding hydrogens is 448 g/mol. The Labute approximate surface area is 206 Å². The van der Waals surface area contributed by atoms with E-state index in [1.807, 2.05) is 25.1 Å². The number of rotatable bonds is 10. The fraction of sp³-hybridized carbons (Fsp3) is 0.680. The number of nitrogens with zero attached hydrogens (tertiary/aromatic N) is 5. The van der Waals surface area contributed by atoms with Crippen molar-refractivity contribution in [2.24, 2.45) is 13.0 Å². The van der Waals surface area contributed by atoms with Crippen LogP contribution in [-0.4, -0.2) is 62.2 Å². The largest absolute Gasteiger partial charge is 0.352 e. The van der Waals surface area contributed by atoms with Crippen LogP contribution >= 0.6 is 11.8 Å². The van der Waals surface area contributed by atoms with Crippen LogP contribution in [0.4, 0.5) is 0 Å². The molecule has 34 heavy (non-hydrogen) atoms. The van der Waals surface area contributed by atoms with E-state index in [2.05, 4.69) is 20.2 Å². The molecule has 2 saturated carbocycles. The van der Waals surface area contributed by atoms with Crippen LogP contribution in [0, 0.1) is 12.8 Å². The summed E-state index contributed by atoms with van der Waals surface area (Å²) in [6.45, 7) is 3.98. The lowest BCUT2D eigenvalue weighted by Crippen LogP contribution is -2.37. The van der Waals surface area contributed by atoms with Crippen molar-refractivity contribution < 1.29 is 9.59 Å². The Morgan fingerprint density at radius 1 is 1.09 bits per heavy atom. The number of carbonyl (C=O) groups is 2. The number of amides is 2. The molecule has 186 valence electrons. The maximum atomic E-state index is 13.6. The van der Waals surface area contributed by atoms with Crippen LogP contribution in [0.15, 0.2) is 17.4 Å². The Morgan fingerprint density at radius 2 is 1.76 bits per heavy atom. The Morgan fingerprint density at radius 3 is 2.47 bits per heavy atom. The van der Waals surface area contributed by atoms with Crippen molar-refractivity contribution in [3.63, 3.8) is 0 Å². The summed E-state index contributed by atoms with van der Waals surface area (Å²) in [6.07, 6.45) is 15.7. The highest BCUT2D eigenvalue weighted by molar-refractivity contribution is 7.98. The highest BCUT2D eigenvalue weighted by Crippen LogP contribution is 2.31. The molecule has 2 aromatic rings. The van der Waals surface area contributed by atoms with E-state index in [9.17, 15) is 9.59 Å². The van der Waals surface area contributed by atoms with Gasteiger partial charge in [-0.3, -0.25) is 19.0 Å². The lowest BCUT2D eigenvalue weighted by atomic mass is 10.1. The molecule has 0 aliphatic heterocycles. The quantitative estimate of drug-likeness (QED) is 0.402. The van der Waals surface area contributed by atoms with Crippen molar-refractivity contribution in [2.45, 2.75) is 75.8 Å². The van der Waals surface area contributed by atoms with E-state index < -0.39 is 0 Å². The molecule has 0 atom stereocenters. The molecule has 2 fully saturated rings. The van der Waals surface area contributed by atoms with Gasteiger partial charge < -0.3 is 10.2 Å². The summed E-state index contributed by atoms with van der Waals surface area (Å²) in [5.74, 6) is 0.542. The molecule has 2 aliphatic rings. The topological polar surface area (TPSA) is 85.1 Å².